The maximum absolute atomic E-state index is 13.3. The van der Waals surface area contributed by atoms with Gasteiger partial charge in [-0.3, -0.25) is 9.59 Å². The Bertz CT molecular complexity index is 752. The molecule has 0 aromatic carbocycles. The van der Waals surface area contributed by atoms with Gasteiger partial charge in [-0.05, 0) is 64.2 Å². The van der Waals surface area contributed by atoms with E-state index in [1.165, 1.54) is 141 Å². The van der Waals surface area contributed by atoms with Gasteiger partial charge < -0.3 is 5.73 Å². The van der Waals surface area contributed by atoms with Crippen molar-refractivity contribution in [1.29, 1.82) is 0 Å². The van der Waals surface area contributed by atoms with Crippen LogP contribution < -0.4 is 5.73 Å². The molecular weight excluding hydrogens is 550 g/mol. The molecule has 0 fully saturated rings. The number of rotatable bonds is 34. The monoisotopic (exact) mass is 630 g/mol. The van der Waals surface area contributed by atoms with Crippen molar-refractivity contribution in [3.05, 3.63) is 24.3 Å². The smallest absolute Gasteiger partial charge is 0.141 e. The summed E-state index contributed by atoms with van der Waals surface area (Å²) in [5.41, 5.74) is 4.68. The van der Waals surface area contributed by atoms with Gasteiger partial charge in [-0.25, -0.2) is 0 Å². The Morgan fingerprint density at radius 2 is 0.733 bits per heavy atom. The lowest BCUT2D eigenvalue weighted by Crippen LogP contribution is -2.51. The molecule has 3 heteroatoms. The first kappa shape index (κ1) is 43.8. The Hall–Kier alpha value is -1.22. The second-order valence-electron chi connectivity index (χ2n) is 14.7. The molecule has 0 saturated heterocycles. The first-order chi connectivity index (χ1) is 21.8. The number of allylic oxidation sites excluding steroid dienone is 4. The van der Waals surface area contributed by atoms with E-state index >= 15 is 0 Å². The van der Waals surface area contributed by atoms with Gasteiger partial charge in [0.15, 0.2) is 0 Å². The summed E-state index contributed by atoms with van der Waals surface area (Å²) in [5.74, 6) is 0.372. The number of ketones is 2. The van der Waals surface area contributed by atoms with Gasteiger partial charge in [0.05, 0.1) is 5.41 Å². The van der Waals surface area contributed by atoms with Crippen LogP contribution in [0.4, 0.5) is 0 Å². The van der Waals surface area contributed by atoms with Crippen LogP contribution in [0, 0.1) is 10.8 Å². The second kappa shape index (κ2) is 30.1. The van der Waals surface area contributed by atoms with Crippen LogP contribution in [0.15, 0.2) is 24.3 Å². The molecule has 0 aliphatic heterocycles. The van der Waals surface area contributed by atoms with Crippen LogP contribution >= 0.6 is 0 Å². The molecule has 45 heavy (non-hydrogen) atoms. The van der Waals surface area contributed by atoms with Crippen molar-refractivity contribution in [2.75, 3.05) is 6.54 Å². The molecule has 264 valence electrons. The minimum atomic E-state index is -0.785. The number of carbonyl (C=O) groups is 2. The molecule has 0 radical (unpaired) electrons. The third-order valence-corrected chi connectivity index (χ3v) is 10.4. The van der Waals surface area contributed by atoms with E-state index in [-0.39, 0.29) is 18.1 Å². The average molecular weight is 630 g/mol. The molecule has 0 bridgehead atoms. The number of Topliss-reactive ketones (excluding diaryl/α,β-unsaturated/α-hetero) is 2. The highest BCUT2D eigenvalue weighted by Crippen LogP contribution is 2.42. The molecule has 3 nitrogen and oxygen atoms in total. The predicted molar refractivity (Wildman–Crippen MR) is 200 cm³/mol. The fraction of sp³-hybridized carbons (Fsp3) is 0.857. The molecular formula is C42H79NO2. The zero-order valence-corrected chi connectivity index (χ0v) is 31.2. The molecule has 0 spiro atoms. The number of unbranched alkanes of at least 4 members (excludes halogenated alkanes) is 22. The van der Waals surface area contributed by atoms with E-state index < -0.39 is 10.8 Å². The summed E-state index contributed by atoms with van der Waals surface area (Å²) in [6.07, 6.45) is 43.0. The third-order valence-electron chi connectivity index (χ3n) is 10.4. The molecule has 0 saturated carbocycles. The number of hydrogen-bond acceptors (Lipinski definition) is 3. The van der Waals surface area contributed by atoms with E-state index in [0.29, 0.717) is 12.8 Å². The van der Waals surface area contributed by atoms with E-state index in [1.807, 2.05) is 20.8 Å². The van der Waals surface area contributed by atoms with Crippen molar-refractivity contribution in [1.82, 2.24) is 0 Å². The zero-order chi connectivity index (χ0) is 33.5. The van der Waals surface area contributed by atoms with Crippen molar-refractivity contribution in [3.63, 3.8) is 0 Å². The van der Waals surface area contributed by atoms with Crippen LogP contribution in [0.3, 0.4) is 0 Å². The van der Waals surface area contributed by atoms with Crippen molar-refractivity contribution in [2.24, 2.45) is 16.6 Å². The molecule has 1 unspecified atom stereocenters. The molecule has 0 heterocycles. The lowest BCUT2D eigenvalue weighted by atomic mass is 9.60. The summed E-state index contributed by atoms with van der Waals surface area (Å²) in [6, 6.07) is 0. The van der Waals surface area contributed by atoms with Crippen molar-refractivity contribution < 1.29 is 9.59 Å². The summed E-state index contributed by atoms with van der Waals surface area (Å²) in [6.45, 7) is 10.6. The van der Waals surface area contributed by atoms with E-state index in [1.54, 1.807) is 0 Å². The minimum Gasteiger partial charge on any atom is -0.329 e. The maximum Gasteiger partial charge on any atom is 0.141 e. The summed E-state index contributed by atoms with van der Waals surface area (Å²) in [4.78, 5) is 26.6. The quantitative estimate of drug-likeness (QED) is 0.0569. The summed E-state index contributed by atoms with van der Waals surface area (Å²) >= 11 is 0. The molecule has 2 N–H and O–H groups in total. The Morgan fingerprint density at radius 3 is 1.07 bits per heavy atom. The van der Waals surface area contributed by atoms with Crippen LogP contribution in [0.2, 0.25) is 0 Å². The fourth-order valence-corrected chi connectivity index (χ4v) is 6.33. The maximum atomic E-state index is 13.3. The first-order valence-corrected chi connectivity index (χ1v) is 19.8. The molecule has 0 aliphatic carbocycles. The van der Waals surface area contributed by atoms with Crippen LogP contribution in [0.5, 0.6) is 0 Å². The highest BCUT2D eigenvalue weighted by Gasteiger charge is 2.49. The Kier molecular flexibility index (Phi) is 29.3. The van der Waals surface area contributed by atoms with E-state index in [0.717, 1.165) is 25.7 Å². The van der Waals surface area contributed by atoms with Crippen LogP contribution in [-0.2, 0) is 9.59 Å². The molecule has 0 rings (SSSR count). The van der Waals surface area contributed by atoms with Gasteiger partial charge in [0.2, 0.25) is 0 Å². The molecule has 1 atom stereocenters. The standard InChI is InChI=1S/C42H79NO2/c1-6-8-10-12-14-16-18-20-22-24-26-28-30-32-34-36-39(44)41(3,4)42(5,38-43)40(45)37-35-33-31-29-27-25-23-21-19-17-15-13-11-9-7-2/h20-23H,6-19,24-38,43H2,1-5H3. The molecule has 0 aromatic rings. The van der Waals surface area contributed by atoms with Gasteiger partial charge >= 0.3 is 0 Å². The minimum absolute atomic E-state index is 0.172. The predicted octanol–water partition coefficient (Wildman–Crippen LogP) is 13.2. The van der Waals surface area contributed by atoms with E-state index in [9.17, 15) is 9.59 Å². The fourth-order valence-electron chi connectivity index (χ4n) is 6.33. The average Bonchev–Trinajstić information content (AvgIpc) is 3.03. The second-order valence-corrected chi connectivity index (χ2v) is 14.7. The Balaban J connectivity index is 4.04. The van der Waals surface area contributed by atoms with Gasteiger partial charge in [0, 0.05) is 24.8 Å². The topological polar surface area (TPSA) is 60.2 Å². The summed E-state index contributed by atoms with van der Waals surface area (Å²) in [7, 11) is 0. The van der Waals surface area contributed by atoms with Crippen LogP contribution in [0.25, 0.3) is 0 Å². The van der Waals surface area contributed by atoms with E-state index in [2.05, 4.69) is 38.2 Å². The first-order valence-electron chi connectivity index (χ1n) is 19.8. The number of hydrogen-bond donors (Lipinski definition) is 1. The number of carbonyl (C=O) groups excluding carboxylic acids is 2. The van der Waals surface area contributed by atoms with Gasteiger partial charge in [-0.15, -0.1) is 0 Å². The number of nitrogens with two attached hydrogens (primary N) is 1. The Labute approximate surface area is 282 Å². The van der Waals surface area contributed by atoms with Crippen molar-refractivity contribution >= 4 is 11.6 Å². The van der Waals surface area contributed by atoms with Gasteiger partial charge in [0.1, 0.15) is 11.6 Å². The largest absolute Gasteiger partial charge is 0.329 e. The van der Waals surface area contributed by atoms with Crippen LogP contribution in [-0.4, -0.2) is 18.1 Å². The summed E-state index contributed by atoms with van der Waals surface area (Å²) < 4.78 is 0. The molecule has 0 amide bonds. The normalized spacial score (nSPS) is 13.6. The zero-order valence-electron chi connectivity index (χ0n) is 31.2. The van der Waals surface area contributed by atoms with Gasteiger partial charge in [-0.1, -0.05) is 162 Å². The lowest BCUT2D eigenvalue weighted by molar-refractivity contribution is -0.145. The highest BCUT2D eigenvalue weighted by atomic mass is 16.1. The Morgan fingerprint density at radius 1 is 0.444 bits per heavy atom. The third kappa shape index (κ3) is 22.1. The molecule has 0 aliphatic rings. The lowest BCUT2D eigenvalue weighted by Gasteiger charge is -2.41. The SMILES string of the molecule is CCCCCCCCC=CCCCCCCCC(=O)C(C)(C)C(C)(CN)C(=O)CCCCCCCC=CCCCCCCCC. The van der Waals surface area contributed by atoms with Crippen LogP contribution in [0.1, 0.15) is 214 Å². The van der Waals surface area contributed by atoms with Crippen molar-refractivity contribution in [3.8, 4) is 0 Å². The molecule has 0 aromatic heterocycles. The van der Waals surface area contributed by atoms with Gasteiger partial charge in [0.25, 0.3) is 0 Å². The summed E-state index contributed by atoms with van der Waals surface area (Å²) in [5, 5.41) is 0. The van der Waals surface area contributed by atoms with Gasteiger partial charge in [-0.2, -0.15) is 0 Å². The van der Waals surface area contributed by atoms with E-state index in [4.69, 9.17) is 5.73 Å². The van der Waals surface area contributed by atoms with Crippen molar-refractivity contribution in [2.45, 2.75) is 214 Å². The highest BCUT2D eigenvalue weighted by molar-refractivity contribution is 5.94.